The minimum atomic E-state index is -0.157. The molecular formula is C22H28N4O2S. The highest BCUT2D eigenvalue weighted by molar-refractivity contribution is 7.11. The number of rotatable bonds is 4. The Balaban J connectivity index is 1.69. The maximum atomic E-state index is 13.7. The minimum Gasteiger partial charge on any atom is -0.320 e. The summed E-state index contributed by atoms with van der Waals surface area (Å²) in [7, 11) is 4.16. The molecule has 3 heterocycles. The average Bonchev–Trinajstić information content (AvgIpc) is 3.00. The smallest absolute Gasteiger partial charge is 0.258 e. The van der Waals surface area contributed by atoms with Crippen LogP contribution >= 0.6 is 11.3 Å². The van der Waals surface area contributed by atoms with Crippen LogP contribution in [0.2, 0.25) is 0 Å². The highest BCUT2D eigenvalue weighted by Crippen LogP contribution is 2.42. The quantitative estimate of drug-likeness (QED) is 0.832. The SMILES string of the molecule is Cc1scc2c1N(C(=O)CN1CCCCC1CN(C)C)c1ccccc1NC2=O. The zero-order valence-corrected chi connectivity index (χ0v) is 18.1. The van der Waals surface area contributed by atoms with Crippen LogP contribution in [-0.4, -0.2) is 61.4 Å². The van der Waals surface area contributed by atoms with Crippen LogP contribution in [0.1, 0.15) is 34.5 Å². The molecule has 1 aromatic carbocycles. The van der Waals surface area contributed by atoms with Crippen molar-refractivity contribution in [1.82, 2.24) is 9.80 Å². The summed E-state index contributed by atoms with van der Waals surface area (Å²) in [6.07, 6.45) is 3.45. The van der Waals surface area contributed by atoms with E-state index in [0.717, 1.165) is 42.2 Å². The third-order valence-electron chi connectivity index (χ3n) is 5.72. The maximum Gasteiger partial charge on any atom is 0.258 e. The lowest BCUT2D eigenvalue weighted by Gasteiger charge is -2.38. The zero-order chi connectivity index (χ0) is 20.5. The van der Waals surface area contributed by atoms with Crippen LogP contribution in [0.3, 0.4) is 0 Å². The highest BCUT2D eigenvalue weighted by Gasteiger charge is 2.34. The molecule has 2 aromatic rings. The second-order valence-corrected chi connectivity index (χ2v) is 9.22. The van der Waals surface area contributed by atoms with Gasteiger partial charge in [-0.25, -0.2) is 0 Å². The summed E-state index contributed by atoms with van der Waals surface area (Å²) in [4.78, 5) is 33.7. The molecule has 7 heteroatoms. The van der Waals surface area contributed by atoms with Gasteiger partial charge in [-0.1, -0.05) is 18.6 Å². The molecule has 1 fully saturated rings. The molecule has 4 rings (SSSR count). The third kappa shape index (κ3) is 3.95. The Kier molecular flexibility index (Phi) is 5.72. The summed E-state index contributed by atoms with van der Waals surface area (Å²) < 4.78 is 0. The predicted octanol–water partition coefficient (Wildman–Crippen LogP) is 3.70. The van der Waals surface area contributed by atoms with Gasteiger partial charge in [0.1, 0.15) is 0 Å². The first-order valence-corrected chi connectivity index (χ1v) is 11.0. The average molecular weight is 413 g/mol. The van der Waals surface area contributed by atoms with Gasteiger partial charge in [0.05, 0.1) is 29.2 Å². The number of amides is 2. The fourth-order valence-corrected chi connectivity index (χ4v) is 5.20. The van der Waals surface area contributed by atoms with Crippen molar-refractivity contribution in [3.05, 3.63) is 40.1 Å². The number of nitrogens with one attached hydrogen (secondary N) is 1. The number of likely N-dealkylation sites (N-methyl/N-ethyl adjacent to an activating group) is 1. The number of carbonyl (C=O) groups excluding carboxylic acids is 2. The molecule has 0 spiro atoms. The summed E-state index contributed by atoms with van der Waals surface area (Å²) in [5.41, 5.74) is 2.71. The van der Waals surface area contributed by atoms with Crippen molar-refractivity contribution in [2.24, 2.45) is 0 Å². The molecule has 2 aliphatic heterocycles. The lowest BCUT2D eigenvalue weighted by molar-refractivity contribution is -0.120. The molecule has 0 saturated carbocycles. The molecule has 0 radical (unpaired) electrons. The van der Waals surface area contributed by atoms with Crippen LogP contribution in [0, 0.1) is 6.92 Å². The van der Waals surface area contributed by atoms with Crippen molar-refractivity contribution in [1.29, 1.82) is 0 Å². The molecule has 2 aliphatic rings. The summed E-state index contributed by atoms with van der Waals surface area (Å²) in [6, 6.07) is 7.94. The first-order chi connectivity index (χ1) is 14.0. The maximum absolute atomic E-state index is 13.7. The van der Waals surface area contributed by atoms with Gasteiger partial charge in [-0.3, -0.25) is 19.4 Å². The van der Waals surface area contributed by atoms with Gasteiger partial charge in [-0.15, -0.1) is 11.3 Å². The van der Waals surface area contributed by atoms with Crippen molar-refractivity contribution < 1.29 is 9.59 Å². The monoisotopic (exact) mass is 412 g/mol. The number of benzene rings is 1. The summed E-state index contributed by atoms with van der Waals surface area (Å²) in [6.45, 7) is 4.22. The first kappa shape index (κ1) is 20.1. The normalized spacial score (nSPS) is 19.5. The molecule has 1 N–H and O–H groups in total. The number of fused-ring (bicyclic) bond motifs is 2. The minimum absolute atomic E-state index is 0.0161. The Hall–Kier alpha value is -2.22. The van der Waals surface area contributed by atoms with Crippen LogP contribution in [0.5, 0.6) is 0 Å². The lowest BCUT2D eigenvalue weighted by atomic mass is 10.0. The topological polar surface area (TPSA) is 55.9 Å². The summed E-state index contributed by atoms with van der Waals surface area (Å²) in [5, 5.41) is 4.82. The number of hydrogen-bond acceptors (Lipinski definition) is 5. The Labute approximate surface area is 176 Å². The highest BCUT2D eigenvalue weighted by atomic mass is 32.1. The number of aryl methyl sites for hydroxylation is 1. The fourth-order valence-electron chi connectivity index (χ4n) is 4.37. The zero-order valence-electron chi connectivity index (χ0n) is 17.3. The van der Waals surface area contributed by atoms with Crippen LogP contribution < -0.4 is 10.2 Å². The van der Waals surface area contributed by atoms with Crippen LogP contribution in [0.15, 0.2) is 29.6 Å². The molecule has 0 aliphatic carbocycles. The molecule has 2 amide bonds. The van der Waals surface area contributed by atoms with E-state index in [9.17, 15) is 9.59 Å². The van der Waals surface area contributed by atoms with Crippen LogP contribution in [0.4, 0.5) is 17.1 Å². The van der Waals surface area contributed by atoms with Crippen LogP contribution in [0.25, 0.3) is 0 Å². The number of nitrogens with zero attached hydrogens (tertiary/aromatic N) is 3. The number of likely N-dealkylation sites (tertiary alicyclic amines) is 1. The molecule has 154 valence electrons. The van der Waals surface area contributed by atoms with E-state index in [2.05, 4.69) is 29.2 Å². The largest absolute Gasteiger partial charge is 0.320 e. The second kappa shape index (κ2) is 8.26. The molecule has 1 atom stereocenters. The number of thiophene rings is 1. The lowest BCUT2D eigenvalue weighted by Crippen LogP contribution is -2.49. The van der Waals surface area contributed by atoms with Crippen molar-refractivity contribution in [2.45, 2.75) is 32.2 Å². The summed E-state index contributed by atoms with van der Waals surface area (Å²) >= 11 is 1.51. The van der Waals surface area contributed by atoms with E-state index in [0.29, 0.717) is 23.8 Å². The molecule has 0 bridgehead atoms. The van der Waals surface area contributed by atoms with Gasteiger partial charge in [0.25, 0.3) is 5.91 Å². The van der Waals surface area contributed by atoms with Gasteiger partial charge in [0.15, 0.2) is 0 Å². The van der Waals surface area contributed by atoms with E-state index < -0.39 is 0 Å². The van der Waals surface area contributed by atoms with Crippen molar-refractivity contribution >= 4 is 40.2 Å². The van der Waals surface area contributed by atoms with E-state index in [1.165, 1.54) is 17.8 Å². The number of hydrogen-bond donors (Lipinski definition) is 1. The Morgan fingerprint density at radius 1 is 1.28 bits per heavy atom. The van der Waals surface area contributed by atoms with Crippen molar-refractivity contribution in [3.63, 3.8) is 0 Å². The number of para-hydroxylation sites is 2. The summed E-state index contributed by atoms with van der Waals surface area (Å²) in [5.74, 6) is -0.141. The predicted molar refractivity (Wildman–Crippen MR) is 118 cm³/mol. The van der Waals surface area contributed by atoms with Gasteiger partial charge in [0, 0.05) is 22.8 Å². The fraction of sp³-hybridized carbons (Fsp3) is 0.455. The number of carbonyl (C=O) groups is 2. The first-order valence-electron chi connectivity index (χ1n) is 10.2. The number of piperidine rings is 1. The Morgan fingerprint density at radius 3 is 2.86 bits per heavy atom. The molecule has 6 nitrogen and oxygen atoms in total. The van der Waals surface area contributed by atoms with Gasteiger partial charge < -0.3 is 10.2 Å². The second-order valence-electron chi connectivity index (χ2n) is 8.14. The number of anilines is 3. The van der Waals surface area contributed by atoms with E-state index in [1.807, 2.05) is 36.6 Å². The molecule has 1 saturated heterocycles. The van der Waals surface area contributed by atoms with Crippen LogP contribution in [-0.2, 0) is 4.79 Å². The molecule has 29 heavy (non-hydrogen) atoms. The van der Waals surface area contributed by atoms with Crippen molar-refractivity contribution in [3.8, 4) is 0 Å². The van der Waals surface area contributed by atoms with Gasteiger partial charge in [0.2, 0.25) is 5.91 Å². The van der Waals surface area contributed by atoms with Gasteiger partial charge in [-0.05, 0) is 52.5 Å². The third-order valence-corrected chi connectivity index (χ3v) is 6.62. The Morgan fingerprint density at radius 2 is 2.07 bits per heavy atom. The van der Waals surface area contributed by atoms with Gasteiger partial charge >= 0.3 is 0 Å². The molecule has 1 unspecified atom stereocenters. The van der Waals surface area contributed by atoms with E-state index >= 15 is 0 Å². The Bertz CT molecular complexity index is 923. The molecule has 1 aromatic heterocycles. The molecular weight excluding hydrogens is 384 g/mol. The van der Waals surface area contributed by atoms with E-state index in [-0.39, 0.29) is 11.8 Å². The van der Waals surface area contributed by atoms with E-state index in [1.54, 1.807) is 4.90 Å². The standard InChI is InChI=1S/C22H28N4O2S/c1-15-21-17(14-29-15)22(28)23-18-9-4-5-10-19(18)26(21)20(27)13-25-11-7-6-8-16(25)12-24(2)3/h4-5,9-10,14,16H,6-8,11-13H2,1-3H3,(H,23,28). The van der Waals surface area contributed by atoms with Gasteiger partial charge in [-0.2, -0.15) is 0 Å². The van der Waals surface area contributed by atoms with Crippen molar-refractivity contribution in [2.75, 3.05) is 43.9 Å². The van der Waals surface area contributed by atoms with E-state index in [4.69, 9.17) is 0 Å².